The van der Waals surface area contributed by atoms with Crippen molar-refractivity contribution in [1.29, 1.82) is 0 Å². The van der Waals surface area contributed by atoms with Crippen molar-refractivity contribution in [2.75, 3.05) is 13.2 Å². The molecule has 6 nitrogen and oxygen atoms in total. The Labute approximate surface area is 489 Å². The first-order valence-electron chi connectivity index (χ1n) is 33.4. The smallest absolute Gasteiger partial charge is 0.306 e. The van der Waals surface area contributed by atoms with Crippen molar-refractivity contribution < 1.29 is 28.6 Å². The third-order valence-corrected chi connectivity index (χ3v) is 14.2. The van der Waals surface area contributed by atoms with Crippen LogP contribution in [0.5, 0.6) is 0 Å². The third kappa shape index (κ3) is 64.8. The van der Waals surface area contributed by atoms with Crippen LogP contribution in [-0.4, -0.2) is 37.2 Å². The minimum atomic E-state index is -0.788. The lowest BCUT2D eigenvalue weighted by Crippen LogP contribution is -2.30. The number of hydrogen-bond donors (Lipinski definition) is 0. The van der Waals surface area contributed by atoms with Crippen LogP contribution < -0.4 is 0 Å². The number of ether oxygens (including phenoxy) is 3. The second-order valence-corrected chi connectivity index (χ2v) is 22.0. The predicted octanol–water partition coefficient (Wildman–Crippen LogP) is 23.0. The second kappa shape index (κ2) is 66.6. The van der Waals surface area contributed by atoms with Crippen molar-refractivity contribution in [2.24, 2.45) is 0 Å². The molecule has 0 aromatic rings. The van der Waals surface area contributed by atoms with Crippen molar-refractivity contribution in [3.8, 4) is 0 Å². The van der Waals surface area contributed by atoms with Gasteiger partial charge in [0.15, 0.2) is 6.10 Å². The second-order valence-electron chi connectivity index (χ2n) is 22.0. The molecule has 0 aromatic heterocycles. The van der Waals surface area contributed by atoms with Crippen LogP contribution in [0.2, 0.25) is 0 Å². The van der Waals surface area contributed by atoms with E-state index in [1.165, 1.54) is 161 Å². The number of esters is 3. The van der Waals surface area contributed by atoms with Gasteiger partial charge >= 0.3 is 17.9 Å². The van der Waals surface area contributed by atoms with E-state index < -0.39 is 6.10 Å². The number of hydrogen-bond acceptors (Lipinski definition) is 6. The maximum absolute atomic E-state index is 12.9. The van der Waals surface area contributed by atoms with Gasteiger partial charge in [0.25, 0.3) is 0 Å². The molecule has 0 rings (SSSR count). The third-order valence-electron chi connectivity index (χ3n) is 14.2. The molecule has 0 aliphatic heterocycles. The van der Waals surface area contributed by atoms with Crippen LogP contribution in [-0.2, 0) is 28.6 Å². The van der Waals surface area contributed by atoms with E-state index >= 15 is 0 Å². The van der Waals surface area contributed by atoms with E-state index in [0.717, 1.165) is 116 Å². The lowest BCUT2D eigenvalue weighted by Gasteiger charge is -2.18. The Kier molecular flexibility index (Phi) is 63.3. The van der Waals surface area contributed by atoms with Gasteiger partial charge in [0, 0.05) is 19.3 Å². The van der Waals surface area contributed by atoms with Gasteiger partial charge in [0.1, 0.15) is 13.2 Å². The van der Waals surface area contributed by atoms with Gasteiger partial charge in [-0.1, -0.05) is 284 Å². The summed E-state index contributed by atoms with van der Waals surface area (Å²) >= 11 is 0. The first-order chi connectivity index (χ1) is 39.0. The lowest BCUT2D eigenvalue weighted by atomic mass is 10.0. The van der Waals surface area contributed by atoms with E-state index in [1.54, 1.807) is 0 Å². The van der Waals surface area contributed by atoms with Crippen LogP contribution in [0.25, 0.3) is 0 Å². The molecule has 0 heterocycles. The summed E-state index contributed by atoms with van der Waals surface area (Å²) in [5.74, 6) is -0.897. The monoisotopic (exact) mass is 1100 g/mol. The molecule has 0 radical (unpaired) electrons. The molecule has 0 fully saturated rings. The number of unbranched alkanes of at least 4 members (excludes halogenated alkanes) is 31. The van der Waals surface area contributed by atoms with E-state index in [0.29, 0.717) is 19.3 Å². The molecule has 0 spiro atoms. The maximum Gasteiger partial charge on any atom is 0.306 e. The number of carbonyl (C=O) groups is 3. The van der Waals surface area contributed by atoms with Crippen LogP contribution in [0.15, 0.2) is 109 Å². The first-order valence-corrected chi connectivity index (χ1v) is 33.4. The summed E-state index contributed by atoms with van der Waals surface area (Å²) in [6, 6.07) is 0. The molecule has 0 aromatic carbocycles. The van der Waals surface area contributed by atoms with Crippen molar-refractivity contribution in [3.05, 3.63) is 109 Å². The maximum atomic E-state index is 12.9. The average molecular weight is 1100 g/mol. The summed E-state index contributed by atoms with van der Waals surface area (Å²) in [7, 11) is 0. The topological polar surface area (TPSA) is 78.9 Å². The summed E-state index contributed by atoms with van der Waals surface area (Å²) in [5.41, 5.74) is 0. The highest BCUT2D eigenvalue weighted by Crippen LogP contribution is 2.16. The van der Waals surface area contributed by atoms with Crippen molar-refractivity contribution in [2.45, 2.75) is 322 Å². The highest BCUT2D eigenvalue weighted by molar-refractivity contribution is 5.71. The Morgan fingerprint density at radius 2 is 0.506 bits per heavy atom. The van der Waals surface area contributed by atoms with Crippen LogP contribution in [0.3, 0.4) is 0 Å². The van der Waals surface area contributed by atoms with Gasteiger partial charge < -0.3 is 14.2 Å². The zero-order chi connectivity index (χ0) is 57.1. The van der Waals surface area contributed by atoms with Crippen molar-refractivity contribution in [3.63, 3.8) is 0 Å². The average Bonchev–Trinajstić information content (AvgIpc) is 3.45. The summed E-state index contributed by atoms with van der Waals surface area (Å²) in [5, 5.41) is 0. The minimum Gasteiger partial charge on any atom is -0.462 e. The Hall–Kier alpha value is -3.93. The lowest BCUT2D eigenvalue weighted by molar-refractivity contribution is -0.167. The summed E-state index contributed by atoms with van der Waals surface area (Å²) < 4.78 is 16.9. The molecular formula is C73H124O6. The van der Waals surface area contributed by atoms with Gasteiger partial charge in [-0.15, -0.1) is 0 Å². The van der Waals surface area contributed by atoms with E-state index in [1.807, 2.05) is 0 Å². The first kappa shape index (κ1) is 75.1. The minimum absolute atomic E-state index is 0.0854. The van der Waals surface area contributed by atoms with Gasteiger partial charge in [-0.25, -0.2) is 0 Å². The molecule has 452 valence electrons. The molecule has 0 aliphatic rings. The molecule has 1 atom stereocenters. The van der Waals surface area contributed by atoms with Crippen LogP contribution in [0.4, 0.5) is 0 Å². The highest BCUT2D eigenvalue weighted by atomic mass is 16.6. The zero-order valence-electron chi connectivity index (χ0n) is 51.9. The molecule has 0 amide bonds. The van der Waals surface area contributed by atoms with E-state index in [2.05, 4.69) is 130 Å². The SMILES string of the molecule is CC/C=C\C/C=C\C/C=C\C/C=C\C/C=C\C/C=C\CCCCCCCCCCC(=O)OCC(COC(=O)CCCCCCC/C=C\CCCC)OC(=O)CCCCCCCCCCCCC/C=C\C/C=C\CCCCCCC. The highest BCUT2D eigenvalue weighted by Gasteiger charge is 2.19. The van der Waals surface area contributed by atoms with Gasteiger partial charge in [-0.2, -0.15) is 0 Å². The Bertz CT molecular complexity index is 1590. The van der Waals surface area contributed by atoms with E-state index in [9.17, 15) is 14.4 Å². The van der Waals surface area contributed by atoms with E-state index in [4.69, 9.17) is 14.2 Å². The summed E-state index contributed by atoms with van der Waals surface area (Å²) in [4.78, 5) is 38.3. The van der Waals surface area contributed by atoms with Crippen molar-refractivity contribution in [1.82, 2.24) is 0 Å². The molecule has 79 heavy (non-hydrogen) atoms. The Morgan fingerprint density at radius 1 is 0.266 bits per heavy atom. The standard InChI is InChI=1S/C73H124O6/c1-4-7-10-13-16-19-22-24-26-28-30-32-34-35-36-37-39-40-42-44-46-48-51-54-57-60-63-66-72(75)78-69-70(68-77-71(74)65-62-59-56-53-50-21-18-15-12-9-6-3)79-73(76)67-64-61-58-55-52-49-47-45-43-41-38-33-31-29-27-25-23-20-17-14-11-8-5-2/h7,10,15-16,18-19,23-26,29-32,35-36,39-40,70H,4-6,8-9,11-14,17,20-22,27-28,33-34,37-38,41-69H2,1-3H3/b10-7-,18-15-,19-16-,25-23-,26-24-,31-29-,32-30-,36-35-,40-39-. The molecule has 0 saturated carbocycles. The fraction of sp³-hybridized carbons (Fsp3) is 0.712. The largest absolute Gasteiger partial charge is 0.462 e. The molecule has 6 heteroatoms. The van der Waals surface area contributed by atoms with Crippen LogP contribution >= 0.6 is 0 Å². The van der Waals surface area contributed by atoms with Crippen molar-refractivity contribution >= 4 is 17.9 Å². The van der Waals surface area contributed by atoms with Crippen LogP contribution in [0, 0.1) is 0 Å². The fourth-order valence-electron chi connectivity index (χ4n) is 9.22. The van der Waals surface area contributed by atoms with Gasteiger partial charge in [0.05, 0.1) is 0 Å². The zero-order valence-corrected chi connectivity index (χ0v) is 51.9. The summed E-state index contributed by atoms with van der Waals surface area (Å²) in [6.45, 7) is 6.49. The number of rotatable bonds is 60. The van der Waals surface area contributed by atoms with Gasteiger partial charge in [0.2, 0.25) is 0 Å². The number of allylic oxidation sites excluding steroid dienone is 18. The van der Waals surface area contributed by atoms with Gasteiger partial charge in [-0.3, -0.25) is 14.4 Å². The van der Waals surface area contributed by atoms with E-state index in [-0.39, 0.29) is 31.1 Å². The molecule has 0 bridgehead atoms. The molecule has 0 aliphatic carbocycles. The molecular weight excluding hydrogens is 973 g/mol. The molecule has 0 saturated heterocycles. The Morgan fingerprint density at radius 3 is 0.823 bits per heavy atom. The van der Waals surface area contributed by atoms with Crippen LogP contribution in [0.1, 0.15) is 316 Å². The van der Waals surface area contributed by atoms with Gasteiger partial charge in [-0.05, 0) is 122 Å². The number of carbonyl (C=O) groups excluding carboxylic acids is 3. The quantitative estimate of drug-likeness (QED) is 0.0261. The molecule has 0 N–H and O–H groups in total. The summed E-state index contributed by atoms with van der Waals surface area (Å²) in [6.07, 6.45) is 91.0. The predicted molar refractivity (Wildman–Crippen MR) is 343 cm³/mol. The molecule has 1 unspecified atom stereocenters. The normalized spacial score (nSPS) is 12.8. The fourth-order valence-corrected chi connectivity index (χ4v) is 9.22. The Balaban J connectivity index is 4.29.